The molecule has 0 aliphatic carbocycles. The van der Waals surface area contributed by atoms with Crippen molar-refractivity contribution in [2.45, 2.75) is 32.7 Å². The van der Waals surface area contributed by atoms with Gasteiger partial charge in [-0.05, 0) is 30.0 Å². The number of anilines is 1. The molecule has 0 bridgehead atoms. The maximum atomic E-state index is 13.1. The second-order valence-corrected chi connectivity index (χ2v) is 7.91. The first-order valence-corrected chi connectivity index (χ1v) is 10.1. The molecule has 4 rings (SSSR count). The monoisotopic (exact) mass is 413 g/mol. The van der Waals surface area contributed by atoms with Crippen molar-refractivity contribution in [2.75, 3.05) is 4.90 Å². The summed E-state index contributed by atoms with van der Waals surface area (Å²) in [6.45, 7) is 6.12. The molecule has 0 radical (unpaired) electrons. The Morgan fingerprint density at radius 3 is 2.16 bits per heavy atom. The summed E-state index contributed by atoms with van der Waals surface area (Å²) < 4.78 is 0. The number of ketones is 1. The summed E-state index contributed by atoms with van der Waals surface area (Å²) in [6.07, 6.45) is 3.03. The molecule has 6 nitrogen and oxygen atoms in total. The van der Waals surface area contributed by atoms with Crippen LogP contribution in [-0.4, -0.2) is 26.8 Å². The highest BCUT2D eigenvalue weighted by Crippen LogP contribution is 2.41. The maximum absolute atomic E-state index is 13.1. The van der Waals surface area contributed by atoms with Gasteiger partial charge in [-0.15, -0.1) is 0 Å². The molecule has 1 aromatic heterocycles. The van der Waals surface area contributed by atoms with Crippen molar-refractivity contribution in [2.24, 2.45) is 0 Å². The highest BCUT2D eigenvalue weighted by atomic mass is 16.3. The van der Waals surface area contributed by atoms with Crippen molar-refractivity contribution < 1.29 is 14.7 Å². The van der Waals surface area contributed by atoms with Gasteiger partial charge in [0.2, 0.25) is 5.95 Å². The second-order valence-electron chi connectivity index (χ2n) is 7.91. The SMILES string of the molecule is Cc1ccc(/C(O)=C2\C(=O)C(=O)N(c3ncccn3)C2c2ccc(C(C)C)cc2)cc1. The lowest BCUT2D eigenvalue weighted by Crippen LogP contribution is -2.31. The van der Waals surface area contributed by atoms with Gasteiger partial charge in [0, 0.05) is 18.0 Å². The first-order chi connectivity index (χ1) is 14.9. The van der Waals surface area contributed by atoms with E-state index in [1.54, 1.807) is 18.2 Å². The zero-order chi connectivity index (χ0) is 22.1. The number of aliphatic hydroxyl groups excluding tert-OH is 1. The van der Waals surface area contributed by atoms with Crippen LogP contribution in [0.2, 0.25) is 0 Å². The van der Waals surface area contributed by atoms with Crippen LogP contribution in [0.4, 0.5) is 5.95 Å². The Morgan fingerprint density at radius 1 is 0.968 bits per heavy atom. The van der Waals surface area contributed by atoms with Crippen molar-refractivity contribution in [1.82, 2.24) is 9.97 Å². The van der Waals surface area contributed by atoms with Gasteiger partial charge in [0.1, 0.15) is 5.76 Å². The van der Waals surface area contributed by atoms with Crippen molar-refractivity contribution in [3.8, 4) is 0 Å². The van der Waals surface area contributed by atoms with Gasteiger partial charge in [0.25, 0.3) is 5.78 Å². The molecule has 0 saturated carbocycles. The quantitative estimate of drug-likeness (QED) is 0.386. The summed E-state index contributed by atoms with van der Waals surface area (Å²) in [4.78, 5) is 35.7. The number of benzene rings is 2. The number of amides is 1. The number of carbonyl (C=O) groups is 2. The molecule has 1 amide bonds. The van der Waals surface area contributed by atoms with Crippen molar-refractivity contribution in [3.05, 3.63) is 94.8 Å². The van der Waals surface area contributed by atoms with Crippen LogP contribution in [-0.2, 0) is 9.59 Å². The molecule has 0 spiro atoms. The summed E-state index contributed by atoms with van der Waals surface area (Å²) >= 11 is 0. The molecule has 3 aromatic rings. The van der Waals surface area contributed by atoms with Crippen LogP contribution in [0.25, 0.3) is 5.76 Å². The molecular weight excluding hydrogens is 390 g/mol. The van der Waals surface area contributed by atoms with Gasteiger partial charge >= 0.3 is 5.91 Å². The number of rotatable bonds is 4. The van der Waals surface area contributed by atoms with Crippen LogP contribution < -0.4 is 4.90 Å². The Balaban J connectivity index is 1.91. The van der Waals surface area contributed by atoms with Gasteiger partial charge in [-0.2, -0.15) is 0 Å². The molecule has 2 aromatic carbocycles. The summed E-state index contributed by atoms with van der Waals surface area (Å²) in [5.74, 6) is -1.29. The molecule has 1 aliphatic rings. The molecule has 1 saturated heterocycles. The van der Waals surface area contributed by atoms with E-state index in [1.807, 2.05) is 43.3 Å². The zero-order valence-corrected chi connectivity index (χ0v) is 17.6. The molecule has 1 unspecified atom stereocenters. The summed E-state index contributed by atoms with van der Waals surface area (Å²) in [5.41, 5.74) is 3.36. The van der Waals surface area contributed by atoms with E-state index in [0.717, 1.165) is 11.1 Å². The Kier molecular flexibility index (Phi) is 5.38. The van der Waals surface area contributed by atoms with Gasteiger partial charge in [0.15, 0.2) is 0 Å². The average Bonchev–Trinajstić information content (AvgIpc) is 3.05. The Labute approximate surface area is 180 Å². The minimum absolute atomic E-state index is 0.0265. The Hall–Kier alpha value is -3.80. The topological polar surface area (TPSA) is 83.4 Å². The molecule has 2 heterocycles. The first-order valence-electron chi connectivity index (χ1n) is 10.1. The van der Waals surface area contributed by atoms with Gasteiger partial charge in [0.05, 0.1) is 11.6 Å². The summed E-state index contributed by atoms with van der Waals surface area (Å²) in [7, 11) is 0. The van der Waals surface area contributed by atoms with Crippen LogP contribution in [0.5, 0.6) is 0 Å². The third-order valence-corrected chi connectivity index (χ3v) is 5.46. The fraction of sp³-hybridized carbons (Fsp3) is 0.200. The number of hydrogen-bond donors (Lipinski definition) is 1. The first kappa shape index (κ1) is 20.5. The molecule has 6 heteroatoms. The maximum Gasteiger partial charge on any atom is 0.302 e. The van der Waals surface area contributed by atoms with Gasteiger partial charge in [-0.3, -0.25) is 14.5 Å². The lowest BCUT2D eigenvalue weighted by molar-refractivity contribution is -0.132. The summed E-state index contributed by atoms with van der Waals surface area (Å²) in [5, 5.41) is 11.1. The number of nitrogens with zero attached hydrogens (tertiary/aromatic N) is 3. The number of aromatic nitrogens is 2. The molecule has 1 N–H and O–H groups in total. The molecular formula is C25H23N3O3. The van der Waals surface area contributed by atoms with E-state index in [1.165, 1.54) is 17.3 Å². The molecule has 31 heavy (non-hydrogen) atoms. The minimum Gasteiger partial charge on any atom is -0.507 e. The smallest absolute Gasteiger partial charge is 0.302 e. The van der Waals surface area contributed by atoms with Crippen molar-refractivity contribution >= 4 is 23.4 Å². The fourth-order valence-corrected chi connectivity index (χ4v) is 3.70. The normalized spacial score (nSPS) is 18.1. The van der Waals surface area contributed by atoms with E-state index in [2.05, 4.69) is 23.8 Å². The highest BCUT2D eigenvalue weighted by Gasteiger charge is 2.48. The third-order valence-electron chi connectivity index (χ3n) is 5.46. The van der Waals surface area contributed by atoms with Crippen LogP contribution in [0.15, 0.2) is 72.6 Å². The molecule has 1 atom stereocenters. The fourth-order valence-electron chi connectivity index (χ4n) is 3.70. The number of hydrogen-bond acceptors (Lipinski definition) is 5. The van der Waals surface area contributed by atoms with Gasteiger partial charge in [-0.1, -0.05) is 67.9 Å². The van der Waals surface area contributed by atoms with Crippen LogP contribution >= 0.6 is 0 Å². The van der Waals surface area contributed by atoms with E-state index < -0.39 is 17.7 Å². The van der Waals surface area contributed by atoms with E-state index in [-0.39, 0.29) is 17.3 Å². The Morgan fingerprint density at radius 2 is 1.58 bits per heavy atom. The van der Waals surface area contributed by atoms with Gasteiger partial charge in [-0.25, -0.2) is 9.97 Å². The molecule has 156 valence electrons. The zero-order valence-electron chi connectivity index (χ0n) is 17.6. The van der Waals surface area contributed by atoms with Crippen molar-refractivity contribution in [3.63, 3.8) is 0 Å². The predicted octanol–water partition coefficient (Wildman–Crippen LogP) is 4.53. The lowest BCUT2D eigenvalue weighted by atomic mass is 9.93. The van der Waals surface area contributed by atoms with Crippen molar-refractivity contribution in [1.29, 1.82) is 0 Å². The van der Waals surface area contributed by atoms with E-state index in [0.29, 0.717) is 17.0 Å². The number of Topliss-reactive ketones (excluding diaryl/α,β-unsaturated/α-hetero) is 1. The standard InChI is InChI=1S/C25H23N3O3/c1-15(2)17-9-11-18(12-10-17)21-20(22(29)19-7-5-16(3)6-8-19)23(30)24(31)28(21)25-26-13-4-14-27-25/h4-15,21,29H,1-3H3/b22-20+. The largest absolute Gasteiger partial charge is 0.507 e. The van der Waals surface area contributed by atoms with Gasteiger partial charge < -0.3 is 5.11 Å². The molecule has 1 fully saturated rings. The number of aryl methyl sites for hydroxylation is 1. The average molecular weight is 413 g/mol. The summed E-state index contributed by atoms with van der Waals surface area (Å²) in [6, 6.07) is 15.7. The van der Waals surface area contributed by atoms with E-state index >= 15 is 0 Å². The number of carbonyl (C=O) groups excluding carboxylic acids is 2. The highest BCUT2D eigenvalue weighted by molar-refractivity contribution is 6.51. The Bertz CT molecular complexity index is 1150. The second kappa shape index (κ2) is 8.14. The minimum atomic E-state index is -0.829. The lowest BCUT2D eigenvalue weighted by Gasteiger charge is -2.23. The van der Waals surface area contributed by atoms with Crippen LogP contribution in [0.3, 0.4) is 0 Å². The number of aliphatic hydroxyl groups is 1. The third kappa shape index (κ3) is 3.72. The van der Waals surface area contributed by atoms with E-state index in [4.69, 9.17) is 0 Å². The van der Waals surface area contributed by atoms with Crippen LogP contribution in [0.1, 0.15) is 48.1 Å². The molecule has 1 aliphatic heterocycles. The predicted molar refractivity (Wildman–Crippen MR) is 119 cm³/mol. The van der Waals surface area contributed by atoms with Crippen LogP contribution in [0, 0.1) is 6.92 Å². The van der Waals surface area contributed by atoms with E-state index in [9.17, 15) is 14.7 Å².